The Balaban J connectivity index is 2.05. The number of unbranched alkanes of at least 4 members (excludes halogenated alkanes) is 18. The minimum absolute atomic E-state index is 0.309. The fourth-order valence-electron chi connectivity index (χ4n) is 6.60. The molecule has 0 amide bonds. The van der Waals surface area contributed by atoms with Crippen molar-refractivity contribution in [1.29, 1.82) is 0 Å². The van der Waals surface area contributed by atoms with Gasteiger partial charge in [0.05, 0.1) is 19.3 Å². The Morgan fingerprint density at radius 3 is 1.32 bits per heavy atom. The van der Waals surface area contributed by atoms with Crippen LogP contribution in [0.15, 0.2) is 48.6 Å². The average molecular weight is 699 g/mol. The van der Waals surface area contributed by atoms with Gasteiger partial charge in [-0.1, -0.05) is 140 Å². The summed E-state index contributed by atoms with van der Waals surface area (Å²) < 4.78 is 12.4. The van der Waals surface area contributed by atoms with Gasteiger partial charge in [0, 0.05) is 13.2 Å². The molecule has 1 saturated heterocycles. The molecule has 50 heavy (non-hydrogen) atoms. The second-order valence-electron chi connectivity index (χ2n) is 15.2. The first kappa shape index (κ1) is 46.8. The van der Waals surface area contributed by atoms with Gasteiger partial charge in [-0.25, -0.2) is 0 Å². The van der Waals surface area contributed by atoms with Crippen molar-refractivity contribution in [2.45, 2.75) is 187 Å². The minimum atomic E-state index is 0.309. The smallest absolute Gasteiger partial charge is 0.0642 e. The van der Waals surface area contributed by atoms with Gasteiger partial charge in [-0.3, -0.25) is 0 Å². The molecule has 0 aromatic carbocycles. The molecule has 1 atom stereocenters. The van der Waals surface area contributed by atoms with E-state index in [1.165, 1.54) is 167 Å². The molecule has 0 aromatic heterocycles. The van der Waals surface area contributed by atoms with E-state index in [0.717, 1.165) is 51.7 Å². The summed E-state index contributed by atoms with van der Waals surface area (Å²) in [7, 11) is 2.25. The van der Waals surface area contributed by atoms with E-state index in [9.17, 15) is 0 Å². The molecule has 0 aliphatic carbocycles. The van der Waals surface area contributed by atoms with Gasteiger partial charge in [-0.2, -0.15) is 0 Å². The second kappa shape index (κ2) is 39.0. The van der Waals surface area contributed by atoms with E-state index in [1.807, 2.05) is 0 Å². The largest absolute Gasteiger partial charge is 0.380 e. The van der Waals surface area contributed by atoms with Crippen LogP contribution in [0.4, 0.5) is 0 Å². The van der Waals surface area contributed by atoms with E-state index in [-0.39, 0.29) is 0 Å². The molecule has 1 N–H and O–H groups in total. The molecule has 0 aromatic rings. The number of hydrogen-bond acceptors (Lipinski definition) is 4. The zero-order valence-corrected chi connectivity index (χ0v) is 33.9. The SMILES string of the molecule is CCCCC/C=C\C/C=C\CCCCCCCCOCC(COCCCCCCCC/C=C/C/C=C/CCCCC)NCC1CCN(C)CC1. The predicted molar refractivity (Wildman–Crippen MR) is 222 cm³/mol. The number of ether oxygens (including phenoxy) is 2. The van der Waals surface area contributed by atoms with Gasteiger partial charge < -0.3 is 19.7 Å². The summed E-state index contributed by atoms with van der Waals surface area (Å²) in [5.74, 6) is 0.786. The van der Waals surface area contributed by atoms with Crippen LogP contribution in [0.2, 0.25) is 0 Å². The summed E-state index contributed by atoms with van der Waals surface area (Å²) in [6, 6.07) is 0.309. The molecule has 1 aliphatic heterocycles. The maximum absolute atomic E-state index is 6.19. The Labute approximate surface area is 313 Å². The van der Waals surface area contributed by atoms with E-state index in [4.69, 9.17) is 9.47 Å². The highest BCUT2D eigenvalue weighted by Crippen LogP contribution is 2.15. The molecule has 4 nitrogen and oxygen atoms in total. The molecule has 1 aliphatic rings. The van der Waals surface area contributed by atoms with Crippen LogP contribution in [-0.2, 0) is 9.47 Å². The first-order chi connectivity index (χ1) is 24.8. The van der Waals surface area contributed by atoms with E-state index in [0.29, 0.717) is 6.04 Å². The van der Waals surface area contributed by atoms with Gasteiger partial charge in [-0.15, -0.1) is 0 Å². The number of nitrogens with zero attached hydrogens (tertiary/aromatic N) is 1. The van der Waals surface area contributed by atoms with Crippen molar-refractivity contribution in [3.63, 3.8) is 0 Å². The zero-order valence-electron chi connectivity index (χ0n) is 33.9. The first-order valence-corrected chi connectivity index (χ1v) is 21.9. The van der Waals surface area contributed by atoms with E-state index in [1.54, 1.807) is 0 Å². The topological polar surface area (TPSA) is 33.7 Å². The van der Waals surface area contributed by atoms with Crippen LogP contribution >= 0.6 is 0 Å². The number of nitrogens with one attached hydrogen (secondary N) is 1. The zero-order chi connectivity index (χ0) is 35.8. The van der Waals surface area contributed by atoms with Gasteiger partial charge in [0.15, 0.2) is 0 Å². The Morgan fingerprint density at radius 1 is 0.520 bits per heavy atom. The van der Waals surface area contributed by atoms with Crippen LogP contribution in [-0.4, -0.2) is 64.1 Å². The molecule has 0 radical (unpaired) electrons. The minimum Gasteiger partial charge on any atom is -0.380 e. The van der Waals surface area contributed by atoms with E-state index >= 15 is 0 Å². The number of hydrogen-bond donors (Lipinski definition) is 1. The Bertz CT molecular complexity index is 731. The van der Waals surface area contributed by atoms with Gasteiger partial charge >= 0.3 is 0 Å². The van der Waals surface area contributed by atoms with Crippen molar-refractivity contribution < 1.29 is 9.47 Å². The Morgan fingerprint density at radius 2 is 0.900 bits per heavy atom. The lowest BCUT2D eigenvalue weighted by Crippen LogP contribution is -2.42. The molecule has 0 spiro atoms. The van der Waals surface area contributed by atoms with Crippen LogP contribution in [0.3, 0.4) is 0 Å². The molecular formula is C46H86N2O2. The lowest BCUT2D eigenvalue weighted by Gasteiger charge is -2.30. The first-order valence-electron chi connectivity index (χ1n) is 21.9. The molecule has 1 heterocycles. The van der Waals surface area contributed by atoms with Crippen molar-refractivity contribution in [1.82, 2.24) is 10.2 Å². The van der Waals surface area contributed by atoms with Crippen LogP contribution < -0.4 is 5.32 Å². The van der Waals surface area contributed by atoms with Crippen molar-refractivity contribution in [2.75, 3.05) is 53.1 Å². The summed E-state index contributed by atoms with van der Waals surface area (Å²) in [6.45, 7) is 11.4. The lowest BCUT2D eigenvalue weighted by molar-refractivity contribution is 0.0503. The lowest BCUT2D eigenvalue weighted by atomic mass is 9.97. The molecule has 1 rings (SSSR count). The van der Waals surface area contributed by atoms with Crippen LogP contribution in [0.25, 0.3) is 0 Å². The highest BCUT2D eigenvalue weighted by atomic mass is 16.5. The quantitative estimate of drug-likeness (QED) is 0.0517. The molecular weight excluding hydrogens is 613 g/mol. The highest BCUT2D eigenvalue weighted by molar-refractivity contribution is 4.93. The third kappa shape index (κ3) is 33.9. The van der Waals surface area contributed by atoms with Gasteiger partial charge in [0.25, 0.3) is 0 Å². The predicted octanol–water partition coefficient (Wildman–Crippen LogP) is 12.9. The monoisotopic (exact) mass is 699 g/mol. The van der Waals surface area contributed by atoms with Gasteiger partial charge in [0.2, 0.25) is 0 Å². The molecule has 0 saturated carbocycles. The van der Waals surface area contributed by atoms with Gasteiger partial charge in [-0.05, 0) is 122 Å². The average Bonchev–Trinajstić information content (AvgIpc) is 3.13. The van der Waals surface area contributed by atoms with Crippen molar-refractivity contribution in [3.8, 4) is 0 Å². The maximum Gasteiger partial charge on any atom is 0.0642 e. The van der Waals surface area contributed by atoms with Crippen molar-refractivity contribution >= 4 is 0 Å². The van der Waals surface area contributed by atoms with Crippen molar-refractivity contribution in [3.05, 3.63) is 48.6 Å². The Kier molecular flexibility index (Phi) is 36.5. The summed E-state index contributed by atoms with van der Waals surface area (Å²) >= 11 is 0. The molecule has 1 fully saturated rings. The summed E-state index contributed by atoms with van der Waals surface area (Å²) in [5.41, 5.74) is 0. The fraction of sp³-hybridized carbons (Fsp3) is 0.826. The van der Waals surface area contributed by atoms with Crippen LogP contribution in [0, 0.1) is 5.92 Å². The normalized spacial score (nSPS) is 15.6. The molecule has 1 unspecified atom stereocenters. The standard InChI is InChI=1S/C46H86N2O2/c1-4-6-8-10-12-14-16-18-20-22-24-26-28-30-32-34-40-49-43-46(47-42-45-36-38-48(3)39-37-45)44-50-41-35-33-31-29-27-25-23-21-19-17-15-13-11-9-7-5-2/h12-15,18-21,45-47H,4-11,16-17,22-44H2,1-3H3/b14-12-,15-13+,20-18-,21-19+. The van der Waals surface area contributed by atoms with Gasteiger partial charge in [0.1, 0.15) is 0 Å². The number of piperidine rings is 1. The number of rotatable bonds is 37. The third-order valence-electron chi connectivity index (χ3n) is 10.2. The Hall–Kier alpha value is -1.20. The maximum atomic E-state index is 6.19. The highest BCUT2D eigenvalue weighted by Gasteiger charge is 2.18. The third-order valence-corrected chi connectivity index (χ3v) is 10.2. The molecule has 4 heteroatoms. The fourth-order valence-corrected chi connectivity index (χ4v) is 6.60. The van der Waals surface area contributed by atoms with Crippen LogP contribution in [0.5, 0.6) is 0 Å². The number of likely N-dealkylation sites (tertiary alicyclic amines) is 1. The van der Waals surface area contributed by atoms with Crippen molar-refractivity contribution in [2.24, 2.45) is 5.92 Å². The number of allylic oxidation sites excluding steroid dienone is 8. The van der Waals surface area contributed by atoms with Crippen LogP contribution in [0.1, 0.15) is 181 Å². The molecule has 292 valence electrons. The summed E-state index contributed by atoms with van der Waals surface area (Å²) in [5, 5.41) is 3.83. The summed E-state index contributed by atoms with van der Waals surface area (Å²) in [4.78, 5) is 2.46. The molecule has 0 bridgehead atoms. The van der Waals surface area contributed by atoms with E-state index < -0.39 is 0 Å². The second-order valence-corrected chi connectivity index (χ2v) is 15.2. The summed E-state index contributed by atoms with van der Waals surface area (Å²) in [6.07, 6.45) is 52.3. The van der Waals surface area contributed by atoms with E-state index in [2.05, 4.69) is 79.7 Å².